The van der Waals surface area contributed by atoms with Gasteiger partial charge in [-0.1, -0.05) is 0 Å². The summed E-state index contributed by atoms with van der Waals surface area (Å²) in [7, 11) is 0. The van der Waals surface area contributed by atoms with Crippen molar-refractivity contribution in [2.24, 2.45) is 0 Å². The van der Waals surface area contributed by atoms with Gasteiger partial charge in [0, 0.05) is 0 Å². The molecule has 5 heteroatoms. The van der Waals surface area contributed by atoms with E-state index >= 15 is 0 Å². The first-order valence-corrected chi connectivity index (χ1v) is 5.87. The van der Waals surface area contributed by atoms with E-state index in [9.17, 15) is 14.0 Å². The number of carbonyl (C=O) groups excluding carboxylic acids is 2. The van der Waals surface area contributed by atoms with Crippen molar-refractivity contribution in [3.05, 3.63) is 40.1 Å². The molecule has 1 aromatic rings. The molecule has 1 aliphatic rings. The monoisotopic (exact) mass is 271 g/mol. The molecular formula is C10H6FNO2Se. The van der Waals surface area contributed by atoms with E-state index < -0.39 is 15.0 Å². The van der Waals surface area contributed by atoms with Gasteiger partial charge in [-0.2, -0.15) is 0 Å². The Kier molecular flexibility index (Phi) is 2.66. The summed E-state index contributed by atoms with van der Waals surface area (Å²) in [5.41, 5.74) is 0.720. The molecule has 2 amide bonds. The summed E-state index contributed by atoms with van der Waals surface area (Å²) >= 11 is -0.467. The summed E-state index contributed by atoms with van der Waals surface area (Å²) in [6, 6.07) is 5.76. The zero-order chi connectivity index (χ0) is 10.8. The van der Waals surface area contributed by atoms with Gasteiger partial charge in [-0.15, -0.1) is 0 Å². The Morgan fingerprint density at radius 2 is 1.87 bits per heavy atom. The van der Waals surface area contributed by atoms with Crippen LogP contribution in [0.15, 0.2) is 28.7 Å². The average molecular weight is 270 g/mol. The fourth-order valence-electron chi connectivity index (χ4n) is 1.13. The van der Waals surface area contributed by atoms with Crippen molar-refractivity contribution in [3.8, 4) is 0 Å². The van der Waals surface area contributed by atoms with Gasteiger partial charge in [0.1, 0.15) is 0 Å². The topological polar surface area (TPSA) is 46.2 Å². The number of benzene rings is 1. The molecule has 76 valence electrons. The minimum absolute atomic E-state index is 0.235. The Labute approximate surface area is 91.5 Å². The van der Waals surface area contributed by atoms with Crippen LogP contribution in [0.4, 0.5) is 9.18 Å². The molecule has 0 saturated carbocycles. The van der Waals surface area contributed by atoms with Crippen LogP contribution in [0.1, 0.15) is 5.56 Å². The molecule has 1 N–H and O–H groups in total. The van der Waals surface area contributed by atoms with Crippen LogP contribution in [0, 0.1) is 5.82 Å². The molecule has 0 aromatic heterocycles. The molecule has 1 fully saturated rings. The first-order valence-electron chi connectivity index (χ1n) is 4.15. The molecule has 1 aromatic carbocycles. The minimum atomic E-state index is -0.467. The van der Waals surface area contributed by atoms with Gasteiger partial charge >= 0.3 is 91.2 Å². The van der Waals surface area contributed by atoms with E-state index in [1.54, 1.807) is 18.2 Å². The third-order valence-electron chi connectivity index (χ3n) is 1.81. The molecule has 0 atom stereocenters. The van der Waals surface area contributed by atoms with Crippen LogP contribution >= 0.6 is 0 Å². The van der Waals surface area contributed by atoms with Crippen LogP contribution in [-0.4, -0.2) is 25.7 Å². The standard InChI is InChI=1S/C10H6FNO2Se/c11-7-3-1-6(2-4-7)5-8-9(13)12-10(14)15-8/h1-5H,(H,12,13,14). The molecule has 0 spiro atoms. The Balaban J connectivity index is 2.27. The van der Waals surface area contributed by atoms with Crippen LogP contribution in [0.25, 0.3) is 6.08 Å². The van der Waals surface area contributed by atoms with Crippen molar-refractivity contribution in [1.29, 1.82) is 0 Å². The van der Waals surface area contributed by atoms with E-state index in [1.807, 2.05) is 0 Å². The van der Waals surface area contributed by atoms with Crippen molar-refractivity contribution in [3.63, 3.8) is 0 Å². The number of rotatable bonds is 1. The molecule has 2 rings (SSSR count). The van der Waals surface area contributed by atoms with Gasteiger partial charge in [-0.05, 0) is 0 Å². The predicted octanol–water partition coefficient (Wildman–Crippen LogP) is 1.12. The summed E-state index contributed by atoms with van der Waals surface area (Å²) in [4.78, 5) is 21.9. The molecule has 3 nitrogen and oxygen atoms in total. The van der Waals surface area contributed by atoms with Gasteiger partial charge in [0.25, 0.3) is 0 Å². The number of carbonyl (C=O) groups is 2. The second kappa shape index (κ2) is 3.96. The van der Waals surface area contributed by atoms with Crippen molar-refractivity contribution in [2.45, 2.75) is 0 Å². The van der Waals surface area contributed by atoms with Crippen molar-refractivity contribution in [1.82, 2.24) is 5.32 Å². The maximum atomic E-state index is 12.6. The SMILES string of the molecule is O=C1NC(=O)C(=Cc2ccc(F)cc2)[Se]1. The fraction of sp³-hybridized carbons (Fsp3) is 0. The normalized spacial score (nSPS) is 18.3. The zero-order valence-corrected chi connectivity index (χ0v) is 9.20. The first kappa shape index (κ1) is 10.1. The Hall–Kier alpha value is -1.45. The number of hydrogen-bond acceptors (Lipinski definition) is 2. The van der Waals surface area contributed by atoms with E-state index in [-0.39, 0.29) is 16.5 Å². The van der Waals surface area contributed by atoms with Crippen molar-refractivity contribution >= 4 is 31.7 Å². The second-order valence-electron chi connectivity index (χ2n) is 2.90. The van der Waals surface area contributed by atoms with Crippen LogP contribution < -0.4 is 5.32 Å². The number of hydrogen-bond donors (Lipinski definition) is 1. The summed E-state index contributed by atoms with van der Waals surface area (Å²) < 4.78 is 13.1. The third kappa shape index (κ3) is 2.32. The zero-order valence-electron chi connectivity index (χ0n) is 7.49. The summed E-state index contributed by atoms with van der Waals surface area (Å²) in [5, 5.41) is 2.21. The molecule has 0 bridgehead atoms. The quantitative estimate of drug-likeness (QED) is 0.614. The molecular weight excluding hydrogens is 264 g/mol. The summed E-state index contributed by atoms with van der Waals surface area (Å²) in [5.74, 6) is -0.668. The van der Waals surface area contributed by atoms with Gasteiger partial charge in [-0.25, -0.2) is 0 Å². The molecule has 1 heterocycles. The second-order valence-corrected chi connectivity index (χ2v) is 5.03. The number of nitrogens with one attached hydrogen (secondary N) is 1. The molecule has 1 aliphatic heterocycles. The number of amides is 2. The van der Waals surface area contributed by atoms with Crippen LogP contribution in [0.5, 0.6) is 0 Å². The summed E-state index contributed by atoms with van der Waals surface area (Å²) in [6.07, 6.45) is 1.61. The average Bonchev–Trinajstić information content (AvgIpc) is 2.49. The van der Waals surface area contributed by atoms with Gasteiger partial charge in [0.15, 0.2) is 0 Å². The number of imide groups is 1. The third-order valence-corrected chi connectivity index (χ3v) is 3.51. The van der Waals surface area contributed by atoms with Crippen LogP contribution in [-0.2, 0) is 4.79 Å². The van der Waals surface area contributed by atoms with E-state index in [1.165, 1.54) is 12.1 Å². The number of halogens is 1. The van der Waals surface area contributed by atoms with Gasteiger partial charge < -0.3 is 0 Å². The van der Waals surface area contributed by atoms with E-state index in [4.69, 9.17) is 0 Å². The van der Waals surface area contributed by atoms with E-state index in [0.717, 1.165) is 5.56 Å². The Bertz CT molecular complexity index is 453. The fourth-order valence-corrected chi connectivity index (χ4v) is 2.56. The summed E-state index contributed by atoms with van der Waals surface area (Å²) in [6.45, 7) is 0. The molecule has 15 heavy (non-hydrogen) atoms. The van der Waals surface area contributed by atoms with Gasteiger partial charge in [0.2, 0.25) is 0 Å². The van der Waals surface area contributed by atoms with Gasteiger partial charge in [-0.3, -0.25) is 0 Å². The van der Waals surface area contributed by atoms with E-state index in [2.05, 4.69) is 5.32 Å². The Morgan fingerprint density at radius 1 is 1.20 bits per heavy atom. The first-order chi connectivity index (χ1) is 7.15. The molecule has 1 saturated heterocycles. The molecule has 0 radical (unpaired) electrons. The van der Waals surface area contributed by atoms with Crippen molar-refractivity contribution in [2.75, 3.05) is 0 Å². The van der Waals surface area contributed by atoms with Crippen molar-refractivity contribution < 1.29 is 14.0 Å². The Morgan fingerprint density at radius 3 is 2.40 bits per heavy atom. The molecule has 0 unspecified atom stereocenters. The maximum absolute atomic E-state index is 12.6. The predicted molar refractivity (Wildman–Crippen MR) is 53.7 cm³/mol. The van der Waals surface area contributed by atoms with Crippen LogP contribution in [0.2, 0.25) is 0 Å². The van der Waals surface area contributed by atoms with Gasteiger partial charge in [0.05, 0.1) is 0 Å². The molecule has 0 aliphatic carbocycles. The van der Waals surface area contributed by atoms with E-state index in [0.29, 0.717) is 4.47 Å². The van der Waals surface area contributed by atoms with Crippen LogP contribution in [0.3, 0.4) is 0 Å².